The molecule has 0 atom stereocenters. The molecule has 0 aromatic rings. The zero-order valence-corrected chi connectivity index (χ0v) is 18.5. The van der Waals surface area contributed by atoms with Crippen LogP contribution in [-0.4, -0.2) is 108 Å². The van der Waals surface area contributed by atoms with E-state index in [0.717, 1.165) is 13.1 Å². The van der Waals surface area contributed by atoms with Gasteiger partial charge in [-0.2, -0.15) is 0 Å². The maximum absolute atomic E-state index is 12.2. The van der Waals surface area contributed by atoms with E-state index >= 15 is 0 Å². The van der Waals surface area contributed by atoms with E-state index < -0.39 is 11.2 Å². The van der Waals surface area contributed by atoms with Crippen LogP contribution >= 0.6 is 0 Å². The fourth-order valence-electron chi connectivity index (χ4n) is 2.98. The Balaban J connectivity index is 2.72. The smallest absolute Gasteiger partial charge is 0.320 e. The molecule has 0 unspecified atom stereocenters. The van der Waals surface area contributed by atoms with Crippen molar-refractivity contribution in [3.8, 4) is 0 Å². The Kier molecular flexibility index (Phi) is 9.83. The summed E-state index contributed by atoms with van der Waals surface area (Å²) in [5.74, 6) is -0.502. The molecule has 1 fully saturated rings. The molecule has 1 rings (SSSR count). The molecule has 1 N–H and O–H groups in total. The first kappa shape index (κ1) is 24.8. The maximum Gasteiger partial charge on any atom is 0.320 e. The molecular formula is C20H39N3O5. The first-order valence-electron chi connectivity index (χ1n) is 10.1. The number of esters is 2. The van der Waals surface area contributed by atoms with E-state index in [1.165, 1.54) is 0 Å². The standard InChI is InChI=1S/C20H39N3O5/c1-19(2,3)27-17(25)15-22-9-7-21(13-14-24)8-10-23(12-11-22)16-18(26)28-20(4,5)6/h24H,7-16H2,1-6H3. The first-order valence-corrected chi connectivity index (χ1v) is 10.1. The van der Waals surface area contributed by atoms with Gasteiger partial charge in [-0.05, 0) is 41.5 Å². The molecule has 1 aliphatic heterocycles. The number of aliphatic hydroxyl groups excluding tert-OH is 1. The van der Waals surface area contributed by atoms with E-state index in [9.17, 15) is 14.7 Å². The van der Waals surface area contributed by atoms with E-state index in [1.54, 1.807) is 0 Å². The number of rotatable bonds is 6. The van der Waals surface area contributed by atoms with Crippen molar-refractivity contribution in [3.63, 3.8) is 0 Å². The second-order valence-corrected chi connectivity index (χ2v) is 9.29. The molecule has 164 valence electrons. The molecule has 8 heteroatoms. The quantitative estimate of drug-likeness (QED) is 0.648. The largest absolute Gasteiger partial charge is 0.459 e. The third kappa shape index (κ3) is 11.6. The average Bonchev–Trinajstić information content (AvgIpc) is 2.57. The van der Waals surface area contributed by atoms with Crippen LogP contribution < -0.4 is 0 Å². The van der Waals surface area contributed by atoms with Crippen molar-refractivity contribution in [3.05, 3.63) is 0 Å². The minimum absolute atomic E-state index is 0.0815. The van der Waals surface area contributed by atoms with Gasteiger partial charge in [0.05, 0.1) is 19.7 Å². The normalized spacial score (nSPS) is 18.8. The summed E-state index contributed by atoms with van der Waals surface area (Å²) in [4.78, 5) is 30.7. The number of aliphatic hydroxyl groups is 1. The lowest BCUT2D eigenvalue weighted by Crippen LogP contribution is -2.42. The highest BCUT2D eigenvalue weighted by molar-refractivity contribution is 5.72. The Morgan fingerprint density at radius 2 is 1.04 bits per heavy atom. The Bertz CT molecular complexity index is 457. The molecule has 0 spiro atoms. The van der Waals surface area contributed by atoms with Crippen molar-refractivity contribution >= 4 is 11.9 Å². The van der Waals surface area contributed by atoms with Gasteiger partial charge in [0, 0.05) is 45.8 Å². The predicted molar refractivity (Wildman–Crippen MR) is 108 cm³/mol. The summed E-state index contributed by atoms with van der Waals surface area (Å²) in [7, 11) is 0. The molecule has 28 heavy (non-hydrogen) atoms. The highest BCUT2D eigenvalue weighted by Crippen LogP contribution is 2.10. The molecule has 0 aromatic heterocycles. The van der Waals surface area contributed by atoms with Crippen molar-refractivity contribution < 1.29 is 24.2 Å². The number of ether oxygens (including phenoxy) is 2. The van der Waals surface area contributed by atoms with E-state index in [-0.39, 0.29) is 31.6 Å². The Morgan fingerprint density at radius 3 is 1.32 bits per heavy atom. The zero-order valence-electron chi connectivity index (χ0n) is 18.5. The second kappa shape index (κ2) is 11.1. The van der Waals surface area contributed by atoms with Crippen LogP contribution in [0.5, 0.6) is 0 Å². The molecule has 0 radical (unpaired) electrons. The molecule has 0 bridgehead atoms. The Hall–Kier alpha value is -1.22. The van der Waals surface area contributed by atoms with E-state index in [4.69, 9.17) is 9.47 Å². The molecule has 1 heterocycles. The summed E-state index contributed by atoms with van der Waals surface area (Å²) >= 11 is 0. The maximum atomic E-state index is 12.2. The fraction of sp³-hybridized carbons (Fsp3) is 0.900. The van der Waals surface area contributed by atoms with Gasteiger partial charge in [-0.15, -0.1) is 0 Å². The highest BCUT2D eigenvalue weighted by Gasteiger charge is 2.24. The number of carbonyl (C=O) groups excluding carboxylic acids is 2. The lowest BCUT2D eigenvalue weighted by atomic mass is 10.2. The number of carbonyl (C=O) groups is 2. The van der Waals surface area contributed by atoms with Crippen molar-refractivity contribution in [2.75, 3.05) is 65.5 Å². The van der Waals surface area contributed by atoms with Crippen molar-refractivity contribution in [1.29, 1.82) is 0 Å². The number of β-amino-alcohol motifs (C(OH)–C–C–N with tert-alkyl or cyclic N) is 1. The highest BCUT2D eigenvalue weighted by atomic mass is 16.6. The predicted octanol–water partition coefficient (Wildman–Crippen LogP) is 0.582. The van der Waals surface area contributed by atoms with Crippen molar-refractivity contribution in [2.24, 2.45) is 0 Å². The van der Waals surface area contributed by atoms with Crippen LogP contribution in [0.3, 0.4) is 0 Å². The van der Waals surface area contributed by atoms with Crippen LogP contribution in [-0.2, 0) is 19.1 Å². The Labute approximate surface area is 169 Å². The third-order valence-electron chi connectivity index (χ3n) is 4.16. The Morgan fingerprint density at radius 1 is 0.714 bits per heavy atom. The lowest BCUT2D eigenvalue weighted by molar-refractivity contribution is -0.158. The van der Waals surface area contributed by atoms with Crippen molar-refractivity contribution in [1.82, 2.24) is 14.7 Å². The summed E-state index contributed by atoms with van der Waals surface area (Å²) < 4.78 is 10.9. The van der Waals surface area contributed by atoms with Gasteiger partial charge < -0.3 is 14.6 Å². The van der Waals surface area contributed by atoms with Gasteiger partial charge in [0.15, 0.2) is 0 Å². The van der Waals surface area contributed by atoms with Crippen LogP contribution in [0.1, 0.15) is 41.5 Å². The molecule has 8 nitrogen and oxygen atoms in total. The molecule has 1 aliphatic rings. The average molecular weight is 402 g/mol. The number of nitrogens with zero attached hydrogens (tertiary/aromatic N) is 3. The van der Waals surface area contributed by atoms with Crippen LogP contribution in [0.2, 0.25) is 0 Å². The monoisotopic (exact) mass is 401 g/mol. The second-order valence-electron chi connectivity index (χ2n) is 9.29. The van der Waals surface area contributed by atoms with Crippen LogP contribution in [0, 0.1) is 0 Å². The molecule has 0 aliphatic carbocycles. The van der Waals surface area contributed by atoms with E-state index in [1.807, 2.05) is 51.3 Å². The van der Waals surface area contributed by atoms with Crippen LogP contribution in [0.4, 0.5) is 0 Å². The van der Waals surface area contributed by atoms with Gasteiger partial charge in [0.25, 0.3) is 0 Å². The minimum atomic E-state index is -0.512. The van der Waals surface area contributed by atoms with Gasteiger partial charge in [0.2, 0.25) is 0 Å². The molecule has 0 saturated carbocycles. The first-order chi connectivity index (χ1) is 12.9. The summed E-state index contributed by atoms with van der Waals surface area (Å²) in [5, 5.41) is 9.31. The SMILES string of the molecule is CC(C)(C)OC(=O)CN1CCN(CCO)CCN(CC(=O)OC(C)(C)C)CC1. The van der Waals surface area contributed by atoms with Crippen molar-refractivity contribution in [2.45, 2.75) is 52.7 Å². The summed E-state index contributed by atoms with van der Waals surface area (Å²) in [5.41, 5.74) is -1.02. The number of hydrogen-bond donors (Lipinski definition) is 1. The molecule has 0 amide bonds. The molecule has 0 aromatic carbocycles. The van der Waals surface area contributed by atoms with E-state index in [2.05, 4.69) is 4.90 Å². The van der Waals surface area contributed by atoms with Gasteiger partial charge >= 0.3 is 11.9 Å². The van der Waals surface area contributed by atoms with Gasteiger partial charge in [-0.1, -0.05) is 0 Å². The van der Waals surface area contributed by atoms with E-state index in [0.29, 0.717) is 32.7 Å². The minimum Gasteiger partial charge on any atom is -0.459 e. The zero-order chi connectivity index (χ0) is 21.4. The van der Waals surface area contributed by atoms with Gasteiger partial charge in [0.1, 0.15) is 11.2 Å². The van der Waals surface area contributed by atoms with Crippen LogP contribution in [0.15, 0.2) is 0 Å². The van der Waals surface area contributed by atoms with Gasteiger partial charge in [-0.3, -0.25) is 24.3 Å². The molecule has 1 saturated heterocycles. The van der Waals surface area contributed by atoms with Crippen LogP contribution in [0.25, 0.3) is 0 Å². The topological polar surface area (TPSA) is 82.6 Å². The molecular weight excluding hydrogens is 362 g/mol. The summed E-state index contributed by atoms with van der Waals surface area (Å²) in [6.07, 6.45) is 0. The summed E-state index contributed by atoms with van der Waals surface area (Å²) in [6.45, 7) is 16.5. The summed E-state index contributed by atoms with van der Waals surface area (Å²) in [6, 6.07) is 0. The van der Waals surface area contributed by atoms with Gasteiger partial charge in [-0.25, -0.2) is 0 Å². The third-order valence-corrected chi connectivity index (χ3v) is 4.16. The number of hydrogen-bond acceptors (Lipinski definition) is 8. The lowest BCUT2D eigenvalue weighted by Gasteiger charge is -2.27. The fourth-order valence-corrected chi connectivity index (χ4v) is 2.98.